The van der Waals surface area contributed by atoms with Gasteiger partial charge in [0.2, 0.25) is 0 Å². The lowest BCUT2D eigenvalue weighted by Crippen LogP contribution is -2.53. The zero-order valence-corrected chi connectivity index (χ0v) is 8.93. The van der Waals surface area contributed by atoms with Crippen molar-refractivity contribution in [1.82, 2.24) is 4.90 Å². The van der Waals surface area contributed by atoms with Gasteiger partial charge >= 0.3 is 6.18 Å². The molecule has 0 aromatic heterocycles. The van der Waals surface area contributed by atoms with Crippen molar-refractivity contribution in [2.75, 3.05) is 13.6 Å². The van der Waals surface area contributed by atoms with Crippen molar-refractivity contribution in [3.05, 3.63) is 0 Å². The molecule has 0 aromatic carbocycles. The highest BCUT2D eigenvalue weighted by molar-refractivity contribution is 4.83. The van der Waals surface area contributed by atoms with Gasteiger partial charge in [-0.2, -0.15) is 13.2 Å². The summed E-state index contributed by atoms with van der Waals surface area (Å²) in [6.45, 7) is 3.77. The van der Waals surface area contributed by atoms with Crippen LogP contribution in [0.5, 0.6) is 0 Å². The maximum atomic E-state index is 12.5. The van der Waals surface area contributed by atoms with Crippen molar-refractivity contribution in [1.29, 1.82) is 0 Å². The Hall–Kier alpha value is -0.290. The Morgan fingerprint density at radius 3 is 2.14 bits per heavy atom. The van der Waals surface area contributed by atoms with E-state index in [1.54, 1.807) is 0 Å². The molecule has 2 unspecified atom stereocenters. The Balaban J connectivity index is 4.34. The van der Waals surface area contributed by atoms with Crippen LogP contribution in [0.15, 0.2) is 0 Å². The molecule has 86 valence electrons. The van der Waals surface area contributed by atoms with Crippen molar-refractivity contribution in [2.24, 2.45) is 5.73 Å². The number of nitrogens with zero attached hydrogens (tertiary/aromatic N) is 1. The van der Waals surface area contributed by atoms with Crippen LogP contribution < -0.4 is 5.73 Å². The van der Waals surface area contributed by atoms with Crippen LogP contribution in [0, 0.1) is 0 Å². The molecule has 0 fully saturated rings. The standard InChI is InChI=1S/C9H19F3N2/c1-4-5-6-14(3)8(7(2)13)9(10,11)12/h7-8H,4-6,13H2,1-3H3. The van der Waals surface area contributed by atoms with E-state index in [-0.39, 0.29) is 0 Å². The third-order valence-corrected chi connectivity index (χ3v) is 2.17. The van der Waals surface area contributed by atoms with Gasteiger partial charge in [0.1, 0.15) is 6.04 Å². The molecule has 5 heteroatoms. The van der Waals surface area contributed by atoms with Crippen LogP contribution in [0.4, 0.5) is 13.2 Å². The molecule has 14 heavy (non-hydrogen) atoms. The Morgan fingerprint density at radius 1 is 1.36 bits per heavy atom. The van der Waals surface area contributed by atoms with Crippen molar-refractivity contribution in [3.63, 3.8) is 0 Å². The predicted octanol–water partition coefficient (Wildman–Crippen LogP) is 2.00. The van der Waals surface area contributed by atoms with Crippen LogP contribution in [-0.2, 0) is 0 Å². The SMILES string of the molecule is CCCCN(C)C(C(C)N)C(F)(F)F. The molecule has 2 atom stereocenters. The molecule has 0 saturated carbocycles. The molecular formula is C9H19F3N2. The first-order valence-corrected chi connectivity index (χ1v) is 4.83. The zero-order valence-electron chi connectivity index (χ0n) is 8.93. The van der Waals surface area contributed by atoms with E-state index >= 15 is 0 Å². The van der Waals surface area contributed by atoms with Crippen molar-refractivity contribution < 1.29 is 13.2 Å². The molecule has 0 aromatic rings. The molecule has 0 heterocycles. The van der Waals surface area contributed by atoms with Crippen LogP contribution in [0.3, 0.4) is 0 Å². The molecule has 2 N–H and O–H groups in total. The van der Waals surface area contributed by atoms with Gasteiger partial charge in [0.25, 0.3) is 0 Å². The van der Waals surface area contributed by atoms with E-state index in [9.17, 15) is 13.2 Å². The molecule has 0 saturated heterocycles. The second-order valence-corrected chi connectivity index (χ2v) is 3.68. The Bertz CT molecular complexity index is 157. The Kier molecular flexibility index (Phi) is 5.44. The van der Waals surface area contributed by atoms with Crippen molar-refractivity contribution in [2.45, 2.75) is 44.9 Å². The number of rotatable bonds is 5. The molecule has 0 aliphatic heterocycles. The minimum atomic E-state index is -4.24. The minimum absolute atomic E-state index is 0.433. The number of nitrogens with two attached hydrogens (primary N) is 1. The molecule has 0 bridgehead atoms. The van der Waals surface area contributed by atoms with Crippen LogP contribution in [0.25, 0.3) is 0 Å². The van der Waals surface area contributed by atoms with Gasteiger partial charge in [0, 0.05) is 6.04 Å². The number of hydrogen-bond acceptors (Lipinski definition) is 2. The molecule has 0 amide bonds. The van der Waals surface area contributed by atoms with Gasteiger partial charge in [-0.1, -0.05) is 13.3 Å². The third kappa shape index (κ3) is 4.28. The summed E-state index contributed by atoms with van der Waals surface area (Å²) in [6, 6.07) is -2.43. The van der Waals surface area contributed by atoms with E-state index in [0.29, 0.717) is 6.54 Å². The Labute approximate surface area is 83.3 Å². The summed E-state index contributed by atoms with van der Waals surface area (Å²) in [5, 5.41) is 0. The lowest BCUT2D eigenvalue weighted by atomic mass is 10.1. The fourth-order valence-corrected chi connectivity index (χ4v) is 1.50. The zero-order chi connectivity index (χ0) is 11.4. The van der Waals surface area contributed by atoms with Crippen molar-refractivity contribution in [3.8, 4) is 0 Å². The number of halogens is 3. The summed E-state index contributed by atoms with van der Waals surface area (Å²) < 4.78 is 37.6. The highest BCUT2D eigenvalue weighted by Crippen LogP contribution is 2.26. The molecule has 2 nitrogen and oxygen atoms in total. The van der Waals surface area contributed by atoms with Gasteiger partial charge in [0.05, 0.1) is 0 Å². The number of alkyl halides is 3. The summed E-state index contributed by atoms with van der Waals surface area (Å²) in [5.74, 6) is 0. The molecule has 0 aliphatic rings. The molecule has 0 aliphatic carbocycles. The summed E-state index contributed by atoms with van der Waals surface area (Å²) in [7, 11) is 1.47. The molecule has 0 rings (SSSR count). The fraction of sp³-hybridized carbons (Fsp3) is 1.00. The lowest BCUT2D eigenvalue weighted by Gasteiger charge is -2.32. The van der Waals surface area contributed by atoms with Gasteiger partial charge in [-0.3, -0.25) is 4.90 Å². The topological polar surface area (TPSA) is 29.3 Å². The van der Waals surface area contributed by atoms with Crippen molar-refractivity contribution >= 4 is 0 Å². The first kappa shape index (κ1) is 13.7. The highest BCUT2D eigenvalue weighted by Gasteiger charge is 2.44. The average Bonchev–Trinajstić information content (AvgIpc) is 1.97. The van der Waals surface area contributed by atoms with E-state index in [0.717, 1.165) is 12.8 Å². The van der Waals surface area contributed by atoms with Gasteiger partial charge in [-0.15, -0.1) is 0 Å². The minimum Gasteiger partial charge on any atom is -0.326 e. The summed E-state index contributed by atoms with van der Waals surface area (Å²) in [4.78, 5) is 1.29. The third-order valence-electron chi connectivity index (χ3n) is 2.17. The van der Waals surface area contributed by atoms with Gasteiger partial charge in [0.15, 0.2) is 0 Å². The Morgan fingerprint density at radius 2 is 1.86 bits per heavy atom. The second-order valence-electron chi connectivity index (χ2n) is 3.68. The first-order valence-electron chi connectivity index (χ1n) is 4.83. The number of hydrogen-bond donors (Lipinski definition) is 1. The lowest BCUT2D eigenvalue weighted by molar-refractivity contribution is -0.184. The van der Waals surface area contributed by atoms with Gasteiger partial charge in [-0.05, 0) is 26.9 Å². The average molecular weight is 212 g/mol. The van der Waals surface area contributed by atoms with E-state index < -0.39 is 18.3 Å². The van der Waals surface area contributed by atoms with E-state index in [1.807, 2.05) is 6.92 Å². The molecular weight excluding hydrogens is 193 g/mol. The largest absolute Gasteiger partial charge is 0.405 e. The molecule has 0 spiro atoms. The monoisotopic (exact) mass is 212 g/mol. The fourth-order valence-electron chi connectivity index (χ4n) is 1.50. The maximum Gasteiger partial charge on any atom is 0.405 e. The summed E-state index contributed by atoms with van der Waals surface area (Å²) in [5.41, 5.74) is 5.33. The quantitative estimate of drug-likeness (QED) is 0.755. The van der Waals surface area contributed by atoms with Crippen LogP contribution in [0.2, 0.25) is 0 Å². The second kappa shape index (κ2) is 5.56. The summed E-state index contributed by atoms with van der Waals surface area (Å²) >= 11 is 0. The van der Waals surface area contributed by atoms with Crippen LogP contribution in [0.1, 0.15) is 26.7 Å². The normalized spacial score (nSPS) is 17.1. The van der Waals surface area contributed by atoms with Gasteiger partial charge in [-0.25, -0.2) is 0 Å². The van der Waals surface area contributed by atoms with Crippen LogP contribution in [-0.4, -0.2) is 36.8 Å². The molecule has 0 radical (unpaired) electrons. The van der Waals surface area contributed by atoms with Crippen LogP contribution >= 0.6 is 0 Å². The smallest absolute Gasteiger partial charge is 0.326 e. The number of unbranched alkanes of at least 4 members (excludes halogenated alkanes) is 1. The van der Waals surface area contributed by atoms with E-state index in [2.05, 4.69) is 0 Å². The van der Waals surface area contributed by atoms with Gasteiger partial charge < -0.3 is 5.73 Å². The van der Waals surface area contributed by atoms with E-state index in [1.165, 1.54) is 18.9 Å². The summed E-state index contributed by atoms with van der Waals surface area (Å²) in [6.07, 6.45) is -2.60. The van der Waals surface area contributed by atoms with E-state index in [4.69, 9.17) is 5.73 Å². The highest BCUT2D eigenvalue weighted by atomic mass is 19.4. The number of likely N-dealkylation sites (N-methyl/N-ethyl adjacent to an activating group) is 1. The maximum absolute atomic E-state index is 12.5. The first-order chi connectivity index (χ1) is 6.30. The predicted molar refractivity (Wildman–Crippen MR) is 51.0 cm³/mol.